The number of phenolic OH excluding ortho intramolecular Hbond substituents is 1. The quantitative estimate of drug-likeness (QED) is 0.797. The van der Waals surface area contributed by atoms with Gasteiger partial charge in [-0.1, -0.05) is 0 Å². The third-order valence-electron chi connectivity index (χ3n) is 3.19. The lowest BCUT2D eigenvalue weighted by Gasteiger charge is -2.16. The number of phenols is 1. The molecule has 2 aromatic rings. The molecule has 0 fully saturated rings. The van der Waals surface area contributed by atoms with Crippen molar-refractivity contribution in [3.63, 3.8) is 0 Å². The molecule has 0 unspecified atom stereocenters. The van der Waals surface area contributed by atoms with Gasteiger partial charge in [0.05, 0.1) is 18.0 Å². The summed E-state index contributed by atoms with van der Waals surface area (Å²) in [6, 6.07) is 11.6. The van der Waals surface area contributed by atoms with Gasteiger partial charge in [-0.25, -0.2) is 0 Å². The minimum Gasteiger partial charge on any atom is -0.508 e. The Morgan fingerprint density at radius 3 is 2.53 bits per heavy atom. The summed E-state index contributed by atoms with van der Waals surface area (Å²) in [5.74, 6) is 0.303. The number of fused-ring (bicyclic) bond motifs is 1. The minimum absolute atomic E-state index is 0.303. The number of nitrogens with zero attached hydrogens (tertiary/aromatic N) is 2. The van der Waals surface area contributed by atoms with Crippen molar-refractivity contribution in [3.8, 4) is 17.0 Å². The lowest BCUT2D eigenvalue weighted by molar-refractivity contribution is 0.475. The second-order valence-corrected chi connectivity index (χ2v) is 4.27. The zero-order chi connectivity index (χ0) is 11.8. The first-order chi connectivity index (χ1) is 8.25. The van der Waals surface area contributed by atoms with Crippen LogP contribution in [0.1, 0.15) is 12.6 Å². The minimum atomic E-state index is 0.303. The van der Waals surface area contributed by atoms with Crippen LogP contribution in [0.5, 0.6) is 5.75 Å². The summed E-state index contributed by atoms with van der Waals surface area (Å²) in [6.45, 7) is 3.82. The number of aromatic hydroxyl groups is 1. The number of hydrogen-bond acceptors (Lipinski definition) is 2. The van der Waals surface area contributed by atoms with Crippen molar-refractivity contribution in [2.75, 3.05) is 6.54 Å². The molecule has 1 aromatic carbocycles. The molecule has 0 atom stereocenters. The van der Waals surface area contributed by atoms with Crippen LogP contribution in [0.25, 0.3) is 11.3 Å². The largest absolute Gasteiger partial charge is 0.508 e. The number of aromatic nitrogens is 1. The Bertz CT molecular complexity index is 579. The van der Waals surface area contributed by atoms with Gasteiger partial charge in [0.2, 0.25) is 0 Å². The van der Waals surface area contributed by atoms with E-state index in [-0.39, 0.29) is 0 Å². The summed E-state index contributed by atoms with van der Waals surface area (Å²) in [5.41, 5.74) is 4.61. The van der Waals surface area contributed by atoms with E-state index in [4.69, 9.17) is 0 Å². The molecule has 0 radical (unpaired) electrons. The molecule has 0 spiro atoms. The van der Waals surface area contributed by atoms with E-state index in [1.807, 2.05) is 19.1 Å². The van der Waals surface area contributed by atoms with Crippen molar-refractivity contribution in [1.29, 1.82) is 0 Å². The molecule has 0 amide bonds. The Morgan fingerprint density at radius 2 is 1.76 bits per heavy atom. The molecule has 2 heterocycles. The average Bonchev–Trinajstić information content (AvgIpc) is 2.75. The maximum absolute atomic E-state index is 9.31. The Morgan fingerprint density at radius 1 is 1.06 bits per heavy atom. The van der Waals surface area contributed by atoms with Gasteiger partial charge in [0.1, 0.15) is 5.75 Å². The predicted octanol–water partition coefficient (Wildman–Crippen LogP) is 2.68. The van der Waals surface area contributed by atoms with E-state index in [1.165, 1.54) is 11.4 Å². The van der Waals surface area contributed by atoms with Crippen molar-refractivity contribution in [3.05, 3.63) is 42.1 Å². The Hall–Kier alpha value is -2.03. The summed E-state index contributed by atoms with van der Waals surface area (Å²) in [7, 11) is 0. The first-order valence-corrected chi connectivity index (χ1v) is 5.76. The van der Waals surface area contributed by atoms with Gasteiger partial charge in [-0.15, -0.1) is 0 Å². The molecule has 1 aliphatic rings. The normalized spacial score (nSPS) is 14.3. The van der Waals surface area contributed by atoms with E-state index in [0.717, 1.165) is 24.4 Å². The first kappa shape index (κ1) is 10.1. The van der Waals surface area contributed by atoms with Crippen LogP contribution in [0.2, 0.25) is 0 Å². The fraction of sp³-hybridized carbons (Fsp3) is 0.214. The highest BCUT2D eigenvalue weighted by Crippen LogP contribution is 2.26. The molecular weight excluding hydrogens is 212 g/mol. The number of benzene rings is 1. The van der Waals surface area contributed by atoms with E-state index in [9.17, 15) is 5.11 Å². The van der Waals surface area contributed by atoms with Crippen molar-refractivity contribution < 1.29 is 5.11 Å². The Kier molecular flexibility index (Phi) is 2.25. The topological polar surface area (TPSA) is 37.5 Å². The molecule has 0 saturated heterocycles. The van der Waals surface area contributed by atoms with Gasteiger partial charge in [0.25, 0.3) is 0 Å². The van der Waals surface area contributed by atoms with Gasteiger partial charge in [-0.3, -0.25) is 4.99 Å². The van der Waals surface area contributed by atoms with Crippen LogP contribution >= 0.6 is 0 Å². The standard InChI is InChI=1S/C14H14N2O/c1-10-13-6-7-14(16(13)9-8-15-10)11-2-4-12(17)5-3-11/h2-7,17H,8-9H2,1H3. The van der Waals surface area contributed by atoms with Gasteiger partial charge in [0.15, 0.2) is 0 Å². The molecule has 3 heteroatoms. The highest BCUT2D eigenvalue weighted by Gasteiger charge is 2.14. The van der Waals surface area contributed by atoms with E-state index in [1.54, 1.807) is 12.1 Å². The van der Waals surface area contributed by atoms with Crippen LogP contribution in [0.3, 0.4) is 0 Å². The smallest absolute Gasteiger partial charge is 0.115 e. The molecule has 3 rings (SSSR count). The zero-order valence-corrected chi connectivity index (χ0v) is 9.72. The number of hydrogen-bond donors (Lipinski definition) is 1. The van der Waals surface area contributed by atoms with Crippen molar-refractivity contribution >= 4 is 5.71 Å². The molecule has 0 saturated carbocycles. The van der Waals surface area contributed by atoms with Crippen LogP contribution in [-0.4, -0.2) is 21.9 Å². The lowest BCUT2D eigenvalue weighted by Crippen LogP contribution is -2.16. The SMILES string of the molecule is CC1=NCCn2c1ccc2-c1ccc(O)cc1. The summed E-state index contributed by atoms with van der Waals surface area (Å²) in [5, 5.41) is 9.31. The molecule has 1 aliphatic heterocycles. The van der Waals surface area contributed by atoms with Crippen molar-refractivity contribution in [1.82, 2.24) is 4.57 Å². The first-order valence-electron chi connectivity index (χ1n) is 5.76. The van der Waals surface area contributed by atoms with Gasteiger partial charge in [0, 0.05) is 12.2 Å². The van der Waals surface area contributed by atoms with Crippen LogP contribution in [0, 0.1) is 0 Å². The maximum atomic E-state index is 9.31. The highest BCUT2D eigenvalue weighted by molar-refractivity contribution is 5.98. The summed E-state index contributed by atoms with van der Waals surface area (Å²) < 4.78 is 2.29. The van der Waals surface area contributed by atoms with Gasteiger partial charge in [-0.05, 0) is 48.9 Å². The maximum Gasteiger partial charge on any atom is 0.115 e. The predicted molar refractivity (Wildman–Crippen MR) is 68.6 cm³/mol. The molecule has 0 bridgehead atoms. The molecular formula is C14H14N2O. The molecule has 1 aromatic heterocycles. The van der Waals surface area contributed by atoms with Gasteiger partial charge in [-0.2, -0.15) is 0 Å². The zero-order valence-electron chi connectivity index (χ0n) is 9.72. The summed E-state index contributed by atoms with van der Waals surface area (Å²) in [6.07, 6.45) is 0. The second kappa shape index (κ2) is 3.77. The van der Waals surface area contributed by atoms with E-state index in [0.29, 0.717) is 5.75 Å². The molecule has 86 valence electrons. The van der Waals surface area contributed by atoms with Crippen LogP contribution in [0.15, 0.2) is 41.4 Å². The monoisotopic (exact) mass is 226 g/mol. The molecule has 17 heavy (non-hydrogen) atoms. The third kappa shape index (κ3) is 1.64. The number of rotatable bonds is 1. The third-order valence-corrected chi connectivity index (χ3v) is 3.19. The summed E-state index contributed by atoms with van der Waals surface area (Å²) >= 11 is 0. The molecule has 0 aliphatic carbocycles. The van der Waals surface area contributed by atoms with Crippen LogP contribution in [0.4, 0.5) is 0 Å². The average molecular weight is 226 g/mol. The fourth-order valence-corrected chi connectivity index (χ4v) is 2.31. The summed E-state index contributed by atoms with van der Waals surface area (Å²) in [4.78, 5) is 4.45. The van der Waals surface area contributed by atoms with Gasteiger partial charge >= 0.3 is 0 Å². The van der Waals surface area contributed by atoms with Crippen LogP contribution in [-0.2, 0) is 6.54 Å². The number of aliphatic imine (C=N–C) groups is 1. The van der Waals surface area contributed by atoms with Gasteiger partial charge < -0.3 is 9.67 Å². The lowest BCUT2D eigenvalue weighted by atomic mass is 10.1. The van der Waals surface area contributed by atoms with E-state index < -0.39 is 0 Å². The fourth-order valence-electron chi connectivity index (χ4n) is 2.31. The Balaban J connectivity index is 2.11. The van der Waals surface area contributed by atoms with Crippen molar-refractivity contribution in [2.45, 2.75) is 13.5 Å². The highest BCUT2D eigenvalue weighted by atomic mass is 16.3. The van der Waals surface area contributed by atoms with E-state index in [2.05, 4.69) is 21.7 Å². The van der Waals surface area contributed by atoms with Crippen molar-refractivity contribution in [2.24, 2.45) is 4.99 Å². The molecule has 1 N–H and O–H groups in total. The molecule has 3 nitrogen and oxygen atoms in total. The van der Waals surface area contributed by atoms with Crippen LogP contribution < -0.4 is 0 Å². The second-order valence-electron chi connectivity index (χ2n) is 4.27. The van der Waals surface area contributed by atoms with E-state index >= 15 is 0 Å². The Labute approximate surface area is 100 Å².